The third-order valence-electron chi connectivity index (χ3n) is 2.98. The smallest absolute Gasteiger partial charge is 0.0596 e. The Morgan fingerprint density at radius 1 is 1.24 bits per heavy atom. The lowest BCUT2D eigenvalue weighted by molar-refractivity contribution is 0.256. The molecule has 0 amide bonds. The maximum atomic E-state index is 8.68. The van der Waals surface area contributed by atoms with Crippen molar-refractivity contribution in [3.05, 3.63) is 33.8 Å². The zero-order valence-corrected chi connectivity index (χ0v) is 10.9. The van der Waals surface area contributed by atoms with Gasteiger partial charge < -0.3 is 5.21 Å². The molecule has 0 atom stereocenters. The summed E-state index contributed by atoms with van der Waals surface area (Å²) in [7, 11) is 0. The van der Waals surface area contributed by atoms with Gasteiger partial charge in [0, 0.05) is 42.5 Å². The van der Waals surface area contributed by atoms with Gasteiger partial charge in [-0.05, 0) is 23.8 Å². The van der Waals surface area contributed by atoms with Crippen molar-refractivity contribution in [1.29, 1.82) is 0 Å². The highest BCUT2D eigenvalue weighted by Gasteiger charge is 2.16. The number of likely N-dealkylation sites (tertiary alicyclic amines) is 1. The van der Waals surface area contributed by atoms with E-state index in [1.165, 1.54) is 0 Å². The highest BCUT2D eigenvalue weighted by Crippen LogP contribution is 2.23. The van der Waals surface area contributed by atoms with Crippen LogP contribution in [0.3, 0.4) is 0 Å². The van der Waals surface area contributed by atoms with Crippen molar-refractivity contribution in [1.82, 2.24) is 4.90 Å². The molecule has 3 nitrogen and oxygen atoms in total. The van der Waals surface area contributed by atoms with Crippen molar-refractivity contribution in [2.75, 3.05) is 13.1 Å². The van der Waals surface area contributed by atoms with E-state index in [1.807, 2.05) is 12.1 Å². The lowest BCUT2D eigenvalue weighted by atomic mass is 10.1. The van der Waals surface area contributed by atoms with Gasteiger partial charge in [0.05, 0.1) is 5.71 Å². The Bertz CT molecular complexity index is 425. The number of halogens is 2. The molecule has 1 N–H and O–H groups in total. The third kappa shape index (κ3) is 3.35. The second-order valence-corrected chi connectivity index (χ2v) is 5.02. The quantitative estimate of drug-likeness (QED) is 0.662. The van der Waals surface area contributed by atoms with E-state index in [2.05, 4.69) is 10.1 Å². The van der Waals surface area contributed by atoms with Gasteiger partial charge in [-0.15, -0.1) is 0 Å². The molecule has 0 aromatic heterocycles. The number of rotatable bonds is 2. The second-order valence-electron chi connectivity index (χ2n) is 4.18. The van der Waals surface area contributed by atoms with E-state index >= 15 is 0 Å². The first-order valence-corrected chi connectivity index (χ1v) is 6.30. The molecule has 0 aliphatic carbocycles. The number of hydrogen-bond donors (Lipinski definition) is 1. The predicted molar refractivity (Wildman–Crippen MR) is 70.2 cm³/mol. The van der Waals surface area contributed by atoms with E-state index in [-0.39, 0.29) is 0 Å². The largest absolute Gasteiger partial charge is 0.411 e. The maximum absolute atomic E-state index is 8.68. The molecule has 1 aromatic carbocycles. The molecule has 1 aromatic rings. The molecule has 2 rings (SSSR count). The minimum atomic E-state index is 0.707. The maximum Gasteiger partial charge on any atom is 0.0596 e. The Morgan fingerprint density at radius 2 is 1.94 bits per heavy atom. The van der Waals surface area contributed by atoms with Gasteiger partial charge in [-0.3, -0.25) is 4.90 Å². The van der Waals surface area contributed by atoms with Crippen molar-refractivity contribution < 1.29 is 5.21 Å². The lowest BCUT2D eigenvalue weighted by Gasteiger charge is -2.27. The minimum Gasteiger partial charge on any atom is -0.411 e. The van der Waals surface area contributed by atoms with Crippen molar-refractivity contribution >= 4 is 28.9 Å². The van der Waals surface area contributed by atoms with Crippen LogP contribution in [-0.2, 0) is 6.54 Å². The molecule has 1 aliphatic heterocycles. The molecule has 0 bridgehead atoms. The van der Waals surface area contributed by atoms with Crippen LogP contribution in [-0.4, -0.2) is 28.9 Å². The Hall–Kier alpha value is -0.770. The summed E-state index contributed by atoms with van der Waals surface area (Å²) in [4.78, 5) is 2.28. The summed E-state index contributed by atoms with van der Waals surface area (Å²) in [6.07, 6.45) is 1.63. The molecule has 92 valence electrons. The SMILES string of the molecule is ON=C1CCN(Cc2cc(Cl)ccc2Cl)CC1. The first kappa shape index (κ1) is 12.7. The van der Waals surface area contributed by atoms with Crippen LogP contribution in [0.2, 0.25) is 10.0 Å². The second kappa shape index (κ2) is 5.71. The van der Waals surface area contributed by atoms with Crippen LogP contribution in [0.5, 0.6) is 0 Å². The third-order valence-corrected chi connectivity index (χ3v) is 3.58. The molecule has 1 fully saturated rings. The van der Waals surface area contributed by atoms with E-state index in [4.69, 9.17) is 28.4 Å². The van der Waals surface area contributed by atoms with Crippen molar-refractivity contribution in [2.24, 2.45) is 5.16 Å². The van der Waals surface area contributed by atoms with Crippen LogP contribution in [0.4, 0.5) is 0 Å². The number of nitrogens with zero attached hydrogens (tertiary/aromatic N) is 2. The van der Waals surface area contributed by atoms with Crippen molar-refractivity contribution in [3.63, 3.8) is 0 Å². The van der Waals surface area contributed by atoms with E-state index in [0.29, 0.717) is 5.02 Å². The van der Waals surface area contributed by atoms with E-state index < -0.39 is 0 Å². The minimum absolute atomic E-state index is 0.707. The van der Waals surface area contributed by atoms with Gasteiger partial charge >= 0.3 is 0 Å². The van der Waals surface area contributed by atoms with Crippen LogP contribution < -0.4 is 0 Å². The van der Waals surface area contributed by atoms with E-state index in [0.717, 1.165) is 48.8 Å². The fourth-order valence-electron chi connectivity index (χ4n) is 1.97. The summed E-state index contributed by atoms with van der Waals surface area (Å²) >= 11 is 12.1. The van der Waals surface area contributed by atoms with E-state index in [1.54, 1.807) is 6.07 Å². The normalized spacial score (nSPS) is 17.2. The molecular weight excluding hydrogens is 259 g/mol. The Balaban J connectivity index is 2.00. The Labute approximate surface area is 111 Å². The molecule has 0 spiro atoms. The van der Waals surface area contributed by atoms with Crippen molar-refractivity contribution in [2.45, 2.75) is 19.4 Å². The van der Waals surface area contributed by atoms with Crippen molar-refractivity contribution in [3.8, 4) is 0 Å². The molecule has 5 heteroatoms. The first-order valence-electron chi connectivity index (χ1n) is 5.55. The number of hydrogen-bond acceptors (Lipinski definition) is 3. The van der Waals surface area contributed by atoms with E-state index in [9.17, 15) is 0 Å². The lowest BCUT2D eigenvalue weighted by Crippen LogP contribution is -2.33. The zero-order chi connectivity index (χ0) is 12.3. The number of oxime groups is 1. The summed E-state index contributed by atoms with van der Waals surface area (Å²) in [5.74, 6) is 0. The fraction of sp³-hybridized carbons (Fsp3) is 0.417. The average Bonchev–Trinajstić information content (AvgIpc) is 2.35. The van der Waals surface area contributed by atoms with Gasteiger partial charge in [0.15, 0.2) is 0 Å². The summed E-state index contributed by atoms with van der Waals surface area (Å²) in [6, 6.07) is 5.52. The summed E-state index contributed by atoms with van der Waals surface area (Å²) < 4.78 is 0. The monoisotopic (exact) mass is 272 g/mol. The molecule has 0 saturated carbocycles. The topological polar surface area (TPSA) is 35.8 Å². The standard InChI is InChI=1S/C12H14Cl2N2O/c13-10-1-2-12(14)9(7-10)8-16-5-3-11(15-17)4-6-16/h1-2,7,17H,3-6,8H2. The van der Waals surface area contributed by atoms with Gasteiger partial charge in [0.2, 0.25) is 0 Å². The molecular formula is C12H14Cl2N2O. The van der Waals surface area contributed by atoms with Gasteiger partial charge in [-0.2, -0.15) is 0 Å². The highest BCUT2D eigenvalue weighted by molar-refractivity contribution is 6.33. The van der Waals surface area contributed by atoms with Crippen LogP contribution >= 0.6 is 23.2 Å². The van der Waals surface area contributed by atoms with Gasteiger partial charge in [0.1, 0.15) is 0 Å². The molecule has 0 radical (unpaired) electrons. The van der Waals surface area contributed by atoms with Gasteiger partial charge in [-0.25, -0.2) is 0 Å². The molecule has 1 heterocycles. The molecule has 1 saturated heterocycles. The van der Waals surface area contributed by atoms with Crippen LogP contribution in [0.15, 0.2) is 23.4 Å². The zero-order valence-electron chi connectivity index (χ0n) is 9.37. The van der Waals surface area contributed by atoms with Crippen LogP contribution in [0, 0.1) is 0 Å². The summed E-state index contributed by atoms with van der Waals surface area (Å²) in [6.45, 7) is 2.57. The number of benzene rings is 1. The van der Waals surface area contributed by atoms with Gasteiger partial charge in [0.25, 0.3) is 0 Å². The van der Waals surface area contributed by atoms with Gasteiger partial charge in [-0.1, -0.05) is 28.4 Å². The summed E-state index contributed by atoms with van der Waals surface area (Å²) in [5, 5.41) is 13.4. The number of piperidine rings is 1. The molecule has 0 unspecified atom stereocenters. The average molecular weight is 273 g/mol. The summed E-state index contributed by atoms with van der Waals surface area (Å²) in [5.41, 5.74) is 1.92. The highest BCUT2D eigenvalue weighted by atomic mass is 35.5. The predicted octanol–water partition coefficient (Wildman–Crippen LogP) is 3.42. The Kier molecular flexibility index (Phi) is 4.26. The Morgan fingerprint density at radius 3 is 2.59 bits per heavy atom. The van der Waals surface area contributed by atoms with Crippen LogP contribution in [0.1, 0.15) is 18.4 Å². The molecule has 17 heavy (non-hydrogen) atoms. The van der Waals surface area contributed by atoms with Crippen LogP contribution in [0.25, 0.3) is 0 Å². The first-order chi connectivity index (χ1) is 8.19. The fourth-order valence-corrected chi connectivity index (χ4v) is 2.35. The molecule has 1 aliphatic rings.